The minimum atomic E-state index is -0.725. The first-order valence-electron chi connectivity index (χ1n) is 9.22. The van der Waals surface area contributed by atoms with E-state index in [0.29, 0.717) is 13.0 Å². The number of benzene rings is 2. The monoisotopic (exact) mass is 400 g/mol. The molecule has 1 aliphatic heterocycles. The van der Waals surface area contributed by atoms with Crippen LogP contribution in [-0.2, 0) is 25.5 Å². The molecule has 3 rings (SSSR count). The third kappa shape index (κ3) is 6.00. The minimum absolute atomic E-state index is 0.268. The zero-order valence-corrected chi connectivity index (χ0v) is 16.8. The molecule has 2 atom stereocenters. The molecule has 1 heterocycles. The van der Waals surface area contributed by atoms with Crippen molar-refractivity contribution in [2.24, 2.45) is 0 Å². The summed E-state index contributed by atoms with van der Waals surface area (Å²) in [6, 6.07) is 15.3. The van der Waals surface area contributed by atoms with Crippen LogP contribution in [0.2, 0.25) is 0 Å². The lowest BCUT2D eigenvalue weighted by molar-refractivity contribution is -0.147. The van der Waals surface area contributed by atoms with Gasteiger partial charge in [0.1, 0.15) is 6.04 Å². The fraction of sp³-hybridized carbons (Fsp3) is 0.333. The summed E-state index contributed by atoms with van der Waals surface area (Å²) < 4.78 is 13.4. The maximum Gasteiger partial charge on any atom is 0.328 e. The van der Waals surface area contributed by atoms with Crippen LogP contribution >= 0.6 is 11.9 Å². The molecule has 1 saturated heterocycles. The number of esters is 1. The minimum Gasteiger partial charge on any atom is -0.464 e. The third-order valence-corrected chi connectivity index (χ3v) is 5.06. The lowest BCUT2D eigenvalue weighted by Crippen LogP contribution is -2.45. The van der Waals surface area contributed by atoms with Gasteiger partial charge in [-0.3, -0.25) is 4.79 Å². The maximum atomic E-state index is 12.2. The molecule has 0 bridgehead atoms. The van der Waals surface area contributed by atoms with Crippen LogP contribution in [0.3, 0.4) is 0 Å². The molecule has 28 heavy (non-hydrogen) atoms. The zero-order chi connectivity index (χ0) is 19.9. The quantitative estimate of drug-likeness (QED) is 0.383. The molecule has 1 aliphatic rings. The van der Waals surface area contributed by atoms with Crippen LogP contribution in [0.5, 0.6) is 0 Å². The predicted octanol–water partition coefficient (Wildman–Crippen LogP) is 3.10. The summed E-state index contributed by atoms with van der Waals surface area (Å²) in [5, 5.41) is 2.72. The Bertz CT molecular complexity index is 804. The molecule has 2 N–H and O–H groups in total. The number of hydrogen-bond acceptors (Lipinski definition) is 6. The number of aryl methyl sites for hydroxylation is 1. The van der Waals surface area contributed by atoms with E-state index in [1.165, 1.54) is 17.5 Å². The molecule has 6 nitrogen and oxygen atoms in total. The number of ether oxygens (including phenoxy) is 2. The van der Waals surface area contributed by atoms with E-state index in [2.05, 4.69) is 41.2 Å². The highest BCUT2D eigenvalue weighted by Crippen LogP contribution is 2.22. The van der Waals surface area contributed by atoms with Gasteiger partial charge in [0, 0.05) is 17.0 Å². The van der Waals surface area contributed by atoms with E-state index >= 15 is 0 Å². The number of epoxide rings is 1. The van der Waals surface area contributed by atoms with Crippen LogP contribution in [-0.4, -0.2) is 37.2 Å². The van der Waals surface area contributed by atoms with Gasteiger partial charge in [-0.2, -0.15) is 0 Å². The largest absolute Gasteiger partial charge is 0.464 e. The van der Waals surface area contributed by atoms with Gasteiger partial charge < -0.3 is 19.5 Å². The molecule has 0 aliphatic carbocycles. The second kappa shape index (κ2) is 9.61. The second-order valence-electron chi connectivity index (χ2n) is 6.55. The van der Waals surface area contributed by atoms with Crippen molar-refractivity contribution in [3.8, 4) is 0 Å². The fourth-order valence-electron chi connectivity index (χ4n) is 2.57. The highest BCUT2D eigenvalue weighted by Gasteiger charge is 2.34. The van der Waals surface area contributed by atoms with Crippen molar-refractivity contribution in [3.63, 3.8) is 0 Å². The molecule has 148 valence electrons. The lowest BCUT2D eigenvalue weighted by atomic mass is 10.1. The number of rotatable bonds is 9. The first kappa shape index (κ1) is 20.2. The molecule has 0 aromatic heterocycles. The van der Waals surface area contributed by atoms with E-state index in [-0.39, 0.29) is 12.5 Å². The van der Waals surface area contributed by atoms with E-state index in [9.17, 15) is 9.59 Å². The zero-order valence-electron chi connectivity index (χ0n) is 15.9. The summed E-state index contributed by atoms with van der Waals surface area (Å²) in [5.74, 6) is -0.709. The molecule has 1 amide bonds. The van der Waals surface area contributed by atoms with Crippen molar-refractivity contribution < 1.29 is 19.1 Å². The van der Waals surface area contributed by atoms with Crippen molar-refractivity contribution >= 4 is 29.5 Å². The Labute approximate surface area is 169 Å². The Balaban J connectivity index is 1.57. The molecule has 0 unspecified atom stereocenters. The van der Waals surface area contributed by atoms with Crippen molar-refractivity contribution in [1.29, 1.82) is 0 Å². The molecular weight excluding hydrogens is 376 g/mol. The van der Waals surface area contributed by atoms with Gasteiger partial charge in [-0.25, -0.2) is 4.79 Å². The van der Waals surface area contributed by atoms with Gasteiger partial charge in [-0.1, -0.05) is 29.8 Å². The Morgan fingerprint density at radius 2 is 1.86 bits per heavy atom. The first-order chi connectivity index (χ1) is 13.5. The molecule has 0 radical (unpaired) electrons. The second-order valence-corrected chi connectivity index (χ2v) is 7.43. The molecule has 0 spiro atoms. The van der Waals surface area contributed by atoms with Crippen LogP contribution in [0.25, 0.3) is 0 Å². The number of carbonyl (C=O) groups excluding carboxylic acids is 2. The summed E-state index contributed by atoms with van der Waals surface area (Å²) in [5.41, 5.74) is 3.11. The van der Waals surface area contributed by atoms with Gasteiger partial charge in [-0.05, 0) is 55.6 Å². The molecule has 2 aromatic rings. The summed E-state index contributed by atoms with van der Waals surface area (Å²) in [6.45, 7) is 4.47. The van der Waals surface area contributed by atoms with Gasteiger partial charge in [0.05, 0.1) is 13.2 Å². The van der Waals surface area contributed by atoms with Gasteiger partial charge in [0.15, 0.2) is 6.10 Å². The van der Waals surface area contributed by atoms with E-state index < -0.39 is 18.1 Å². The summed E-state index contributed by atoms with van der Waals surface area (Å²) in [4.78, 5) is 25.3. The normalized spacial score (nSPS) is 16.1. The van der Waals surface area contributed by atoms with Gasteiger partial charge in [0.25, 0.3) is 5.91 Å². The van der Waals surface area contributed by atoms with Crippen LogP contribution in [0.1, 0.15) is 18.1 Å². The lowest BCUT2D eigenvalue weighted by Gasteiger charge is -2.17. The van der Waals surface area contributed by atoms with Crippen molar-refractivity contribution in [3.05, 3.63) is 59.7 Å². The molecular formula is C21H24N2O4S. The number of carbonyl (C=O) groups is 2. The fourth-order valence-corrected chi connectivity index (χ4v) is 3.21. The average Bonchev–Trinajstić information content (AvgIpc) is 3.54. The molecule has 0 saturated carbocycles. The summed E-state index contributed by atoms with van der Waals surface area (Å²) in [6.07, 6.45) is -0.0785. The maximum absolute atomic E-state index is 12.2. The number of amides is 1. The number of anilines is 1. The molecule has 2 aromatic carbocycles. The number of nitrogens with one attached hydrogen (secondary N) is 2. The first-order valence-corrected chi connectivity index (χ1v) is 10.0. The Kier molecular flexibility index (Phi) is 6.95. The van der Waals surface area contributed by atoms with Gasteiger partial charge in [0.2, 0.25) is 0 Å². The highest BCUT2D eigenvalue weighted by atomic mass is 32.2. The van der Waals surface area contributed by atoms with Gasteiger partial charge in [-0.15, -0.1) is 0 Å². The van der Waals surface area contributed by atoms with Crippen molar-refractivity contribution in [2.75, 3.05) is 17.9 Å². The van der Waals surface area contributed by atoms with E-state index in [4.69, 9.17) is 9.47 Å². The summed E-state index contributed by atoms with van der Waals surface area (Å²) in [7, 11) is 0. The Morgan fingerprint density at radius 1 is 1.18 bits per heavy atom. The van der Waals surface area contributed by atoms with E-state index in [0.717, 1.165) is 16.1 Å². The van der Waals surface area contributed by atoms with Crippen molar-refractivity contribution in [1.82, 2.24) is 5.32 Å². The molecule has 7 heteroatoms. The Morgan fingerprint density at radius 3 is 2.46 bits per heavy atom. The van der Waals surface area contributed by atoms with Crippen LogP contribution in [0.15, 0.2) is 53.4 Å². The topological polar surface area (TPSA) is 80.0 Å². The third-order valence-electron chi connectivity index (χ3n) is 4.21. The van der Waals surface area contributed by atoms with Gasteiger partial charge >= 0.3 is 5.97 Å². The van der Waals surface area contributed by atoms with Crippen molar-refractivity contribution in [2.45, 2.75) is 37.3 Å². The van der Waals surface area contributed by atoms with Crippen LogP contribution < -0.4 is 10.0 Å². The highest BCUT2D eigenvalue weighted by molar-refractivity contribution is 8.00. The summed E-state index contributed by atoms with van der Waals surface area (Å²) >= 11 is 1.54. The van der Waals surface area contributed by atoms with Crippen LogP contribution in [0.4, 0.5) is 5.69 Å². The Hall–Kier alpha value is -2.51. The smallest absolute Gasteiger partial charge is 0.328 e. The van der Waals surface area contributed by atoms with E-state index in [1.54, 1.807) is 6.92 Å². The SMILES string of the molecule is CCOC(=O)[C@H](Cc1ccc(NSc2ccc(C)cc2)cc1)NC(=O)[C@@H]1CO1. The average molecular weight is 401 g/mol. The standard InChI is InChI=1S/C21H24N2O4S/c1-3-26-21(25)18(22-20(24)19-13-27-19)12-15-6-8-16(9-7-15)23-28-17-10-4-14(2)5-11-17/h4-11,18-19,23H,3,12-13H2,1-2H3,(H,22,24)/t18-,19-/m0/s1. The predicted molar refractivity (Wildman–Crippen MR) is 109 cm³/mol. The van der Waals surface area contributed by atoms with Crippen LogP contribution in [0, 0.1) is 6.92 Å². The van der Waals surface area contributed by atoms with E-state index in [1.807, 2.05) is 24.3 Å². The number of hydrogen-bond donors (Lipinski definition) is 2. The molecule has 1 fully saturated rings.